The fourth-order valence-electron chi connectivity index (χ4n) is 2.75. The van der Waals surface area contributed by atoms with Gasteiger partial charge in [-0.05, 0) is 48.7 Å². The largest absolute Gasteiger partial charge is 0.388 e. The summed E-state index contributed by atoms with van der Waals surface area (Å²) in [6, 6.07) is 16.6. The van der Waals surface area contributed by atoms with Gasteiger partial charge in [-0.15, -0.1) is 0 Å². The molecule has 0 fully saturated rings. The van der Waals surface area contributed by atoms with Gasteiger partial charge in [-0.1, -0.05) is 55.5 Å². The molecule has 0 saturated carbocycles. The summed E-state index contributed by atoms with van der Waals surface area (Å²) >= 11 is 0. The molecule has 0 aliphatic heterocycles. The van der Waals surface area contributed by atoms with E-state index in [1.54, 1.807) is 0 Å². The fraction of sp³-hybridized carbons (Fsp3) is 0.333. The Hall–Kier alpha value is -1.64. The van der Waals surface area contributed by atoms with Gasteiger partial charge >= 0.3 is 0 Å². The molecule has 20 heavy (non-hydrogen) atoms. The van der Waals surface area contributed by atoms with Crippen molar-refractivity contribution in [1.82, 2.24) is 5.32 Å². The van der Waals surface area contributed by atoms with E-state index in [9.17, 15) is 5.11 Å². The standard InChI is InChI=1S/C16H16O.C2H7N/c1-11-10-13-8-5-9-14(15(13)16(11)17)12-6-3-2-4-7-12;1-3-2/h2-9,11,16-17H,10H2,1H3;3H,1-2H3. The van der Waals surface area contributed by atoms with Gasteiger partial charge in [-0.2, -0.15) is 0 Å². The molecule has 0 heterocycles. The molecular weight excluding hydrogens is 246 g/mol. The molecule has 0 aromatic heterocycles. The summed E-state index contributed by atoms with van der Waals surface area (Å²) < 4.78 is 0. The van der Waals surface area contributed by atoms with Gasteiger partial charge in [0, 0.05) is 0 Å². The van der Waals surface area contributed by atoms with Crippen LogP contribution in [0.1, 0.15) is 24.2 Å². The van der Waals surface area contributed by atoms with Gasteiger partial charge in [0.15, 0.2) is 0 Å². The second-order valence-electron chi connectivity index (χ2n) is 5.37. The van der Waals surface area contributed by atoms with Crippen LogP contribution in [0.5, 0.6) is 0 Å². The molecule has 0 radical (unpaired) electrons. The Kier molecular flexibility index (Phi) is 4.94. The summed E-state index contributed by atoms with van der Waals surface area (Å²) in [6.07, 6.45) is 0.665. The molecule has 3 rings (SSSR count). The minimum Gasteiger partial charge on any atom is -0.388 e. The van der Waals surface area contributed by atoms with Crippen LogP contribution in [0.25, 0.3) is 11.1 Å². The summed E-state index contributed by atoms with van der Waals surface area (Å²) in [5, 5.41) is 13.0. The van der Waals surface area contributed by atoms with Crippen molar-refractivity contribution in [3.63, 3.8) is 0 Å². The Morgan fingerprint density at radius 3 is 2.30 bits per heavy atom. The van der Waals surface area contributed by atoms with Crippen molar-refractivity contribution in [3.8, 4) is 11.1 Å². The Bertz CT molecular complexity index is 551. The fourth-order valence-corrected chi connectivity index (χ4v) is 2.75. The molecule has 1 aliphatic carbocycles. The van der Waals surface area contributed by atoms with Crippen molar-refractivity contribution < 1.29 is 5.11 Å². The van der Waals surface area contributed by atoms with E-state index in [2.05, 4.69) is 42.6 Å². The van der Waals surface area contributed by atoms with Crippen LogP contribution in [0.15, 0.2) is 48.5 Å². The van der Waals surface area contributed by atoms with E-state index >= 15 is 0 Å². The van der Waals surface area contributed by atoms with Gasteiger partial charge in [0.1, 0.15) is 0 Å². The third-order valence-corrected chi connectivity index (χ3v) is 3.66. The zero-order chi connectivity index (χ0) is 14.5. The maximum atomic E-state index is 10.3. The first kappa shape index (κ1) is 14.8. The molecule has 2 atom stereocenters. The monoisotopic (exact) mass is 269 g/mol. The smallest absolute Gasteiger partial charge is 0.0827 e. The van der Waals surface area contributed by atoms with Crippen LogP contribution in [-0.2, 0) is 6.42 Å². The van der Waals surface area contributed by atoms with Crippen LogP contribution < -0.4 is 5.32 Å². The SMILES string of the molecule is CC1Cc2cccc(-c3ccccc3)c2C1O.CNC. The van der Waals surface area contributed by atoms with Gasteiger partial charge < -0.3 is 10.4 Å². The topological polar surface area (TPSA) is 32.3 Å². The van der Waals surface area contributed by atoms with E-state index in [0.29, 0.717) is 5.92 Å². The molecule has 0 saturated heterocycles. The first-order valence-corrected chi connectivity index (χ1v) is 7.12. The number of rotatable bonds is 1. The van der Waals surface area contributed by atoms with Gasteiger partial charge in [-0.3, -0.25) is 0 Å². The molecule has 2 N–H and O–H groups in total. The minimum atomic E-state index is -0.318. The second-order valence-corrected chi connectivity index (χ2v) is 5.37. The Morgan fingerprint density at radius 1 is 1.00 bits per heavy atom. The van der Waals surface area contributed by atoms with Crippen molar-refractivity contribution in [3.05, 3.63) is 59.7 Å². The zero-order valence-electron chi connectivity index (χ0n) is 12.4. The highest BCUT2D eigenvalue weighted by atomic mass is 16.3. The zero-order valence-corrected chi connectivity index (χ0v) is 12.4. The van der Waals surface area contributed by atoms with Gasteiger partial charge in [0.2, 0.25) is 0 Å². The van der Waals surface area contributed by atoms with Crippen LogP contribution in [-0.4, -0.2) is 19.2 Å². The van der Waals surface area contributed by atoms with Crippen molar-refractivity contribution in [1.29, 1.82) is 0 Å². The number of nitrogens with one attached hydrogen (secondary N) is 1. The molecule has 1 aliphatic rings. The van der Waals surface area contributed by atoms with Crippen LogP contribution in [0.4, 0.5) is 0 Å². The molecule has 0 amide bonds. The van der Waals surface area contributed by atoms with Crippen molar-refractivity contribution in [2.75, 3.05) is 14.1 Å². The highest BCUT2D eigenvalue weighted by Crippen LogP contribution is 2.41. The Labute approximate surface area is 121 Å². The normalized spacial score (nSPS) is 20.0. The minimum absolute atomic E-state index is 0.318. The van der Waals surface area contributed by atoms with Crippen molar-refractivity contribution in [2.45, 2.75) is 19.4 Å². The van der Waals surface area contributed by atoms with Gasteiger partial charge in [0.25, 0.3) is 0 Å². The Balaban J connectivity index is 0.000000452. The van der Waals surface area contributed by atoms with Gasteiger partial charge in [0.05, 0.1) is 6.10 Å². The first-order chi connectivity index (χ1) is 9.69. The average molecular weight is 269 g/mol. The van der Waals surface area contributed by atoms with Crippen molar-refractivity contribution >= 4 is 0 Å². The summed E-state index contributed by atoms with van der Waals surface area (Å²) in [5.41, 5.74) is 4.80. The lowest BCUT2D eigenvalue weighted by Crippen LogP contribution is -2.02. The lowest BCUT2D eigenvalue weighted by atomic mass is 9.95. The molecule has 106 valence electrons. The third kappa shape index (κ3) is 2.92. The molecule has 2 nitrogen and oxygen atoms in total. The highest BCUT2D eigenvalue weighted by Gasteiger charge is 2.29. The number of hydrogen-bond acceptors (Lipinski definition) is 2. The number of hydrogen-bond donors (Lipinski definition) is 2. The molecule has 2 unspecified atom stereocenters. The summed E-state index contributed by atoms with van der Waals surface area (Å²) in [5.74, 6) is 0.329. The third-order valence-electron chi connectivity index (χ3n) is 3.66. The quantitative estimate of drug-likeness (QED) is 0.831. The number of aliphatic hydroxyl groups excluding tert-OH is 1. The second kappa shape index (κ2) is 6.69. The first-order valence-electron chi connectivity index (χ1n) is 7.12. The maximum absolute atomic E-state index is 10.3. The molecule has 0 spiro atoms. The summed E-state index contributed by atoms with van der Waals surface area (Å²) in [4.78, 5) is 0. The van der Waals surface area contributed by atoms with Crippen molar-refractivity contribution in [2.24, 2.45) is 5.92 Å². The lowest BCUT2D eigenvalue weighted by molar-refractivity contribution is 0.133. The number of benzene rings is 2. The lowest BCUT2D eigenvalue weighted by Gasteiger charge is -2.13. The van der Waals surface area contributed by atoms with E-state index in [4.69, 9.17) is 0 Å². The summed E-state index contributed by atoms with van der Waals surface area (Å²) in [7, 11) is 3.75. The summed E-state index contributed by atoms with van der Waals surface area (Å²) in [6.45, 7) is 2.11. The van der Waals surface area contributed by atoms with Crippen LogP contribution in [0, 0.1) is 5.92 Å². The van der Waals surface area contributed by atoms with E-state index in [0.717, 1.165) is 12.0 Å². The predicted octanol–water partition coefficient (Wildman–Crippen LogP) is 3.41. The Morgan fingerprint density at radius 2 is 1.65 bits per heavy atom. The van der Waals surface area contributed by atoms with E-state index in [-0.39, 0.29) is 6.10 Å². The maximum Gasteiger partial charge on any atom is 0.0827 e. The molecule has 2 aromatic rings. The van der Waals surface area contributed by atoms with E-state index in [1.807, 2.05) is 32.3 Å². The highest BCUT2D eigenvalue weighted by molar-refractivity contribution is 5.70. The van der Waals surface area contributed by atoms with E-state index < -0.39 is 0 Å². The molecular formula is C18H23NO. The van der Waals surface area contributed by atoms with Gasteiger partial charge in [-0.25, -0.2) is 0 Å². The van der Waals surface area contributed by atoms with Crippen LogP contribution in [0.3, 0.4) is 0 Å². The number of aliphatic hydroxyl groups is 1. The van der Waals surface area contributed by atoms with E-state index in [1.165, 1.54) is 16.7 Å². The van der Waals surface area contributed by atoms with Crippen LogP contribution in [0.2, 0.25) is 0 Å². The predicted molar refractivity (Wildman–Crippen MR) is 84.7 cm³/mol. The number of fused-ring (bicyclic) bond motifs is 1. The molecule has 2 heteroatoms. The van der Waals surface area contributed by atoms with Crippen LogP contribution >= 0.6 is 0 Å². The average Bonchev–Trinajstić information content (AvgIpc) is 2.76. The molecule has 0 bridgehead atoms. The molecule has 2 aromatic carbocycles.